The smallest absolute Gasteiger partial charge is 0.258 e. The molecule has 1 N–H and O–H groups in total. The highest BCUT2D eigenvalue weighted by atomic mass is 79.9. The minimum absolute atomic E-state index is 0.451. The Kier molecular flexibility index (Phi) is 8.36. The van der Waals surface area contributed by atoms with E-state index in [9.17, 15) is 4.57 Å². The SMILES string of the molecule is CCCCO[P@](=O)(c1ccc(N(C)C)cc1)[C@H](Nc1ccccc1)c1ccc(Br)cc1. The maximum Gasteiger partial charge on any atom is 0.258 e. The summed E-state index contributed by atoms with van der Waals surface area (Å²) in [5, 5.41) is 4.22. The molecule has 0 bridgehead atoms. The van der Waals surface area contributed by atoms with Crippen molar-refractivity contribution in [2.45, 2.75) is 25.5 Å². The van der Waals surface area contributed by atoms with Crippen molar-refractivity contribution in [1.29, 1.82) is 0 Å². The average Bonchev–Trinajstić information content (AvgIpc) is 2.79. The van der Waals surface area contributed by atoms with Crippen LogP contribution in [0.15, 0.2) is 83.3 Å². The molecule has 0 aliphatic rings. The summed E-state index contributed by atoms with van der Waals surface area (Å²) in [6, 6.07) is 25.7. The fourth-order valence-electron chi connectivity index (χ4n) is 3.30. The molecule has 0 aromatic heterocycles. The van der Waals surface area contributed by atoms with E-state index in [-0.39, 0.29) is 0 Å². The summed E-state index contributed by atoms with van der Waals surface area (Å²) in [6.07, 6.45) is 1.84. The number of para-hydroxylation sites is 1. The first-order valence-corrected chi connectivity index (χ1v) is 13.0. The molecule has 0 amide bonds. The Morgan fingerprint density at radius 2 is 1.61 bits per heavy atom. The Balaban J connectivity index is 2.08. The van der Waals surface area contributed by atoms with E-state index in [0.29, 0.717) is 11.9 Å². The zero-order valence-corrected chi connectivity index (χ0v) is 20.8. The van der Waals surface area contributed by atoms with Gasteiger partial charge in [-0.15, -0.1) is 0 Å². The lowest BCUT2D eigenvalue weighted by molar-refractivity contribution is 0.308. The highest BCUT2D eigenvalue weighted by molar-refractivity contribution is 9.10. The van der Waals surface area contributed by atoms with Crippen molar-refractivity contribution in [3.8, 4) is 0 Å². The van der Waals surface area contributed by atoms with Crippen LogP contribution in [0.1, 0.15) is 31.1 Å². The minimum atomic E-state index is -3.31. The second-order valence-corrected chi connectivity index (χ2v) is 11.1. The molecule has 3 rings (SSSR count). The van der Waals surface area contributed by atoms with Crippen molar-refractivity contribution in [1.82, 2.24) is 0 Å². The second kappa shape index (κ2) is 11.0. The molecular formula is C25H30BrN2O2P. The summed E-state index contributed by atoms with van der Waals surface area (Å²) < 4.78 is 21.9. The largest absolute Gasteiger partial charge is 0.378 e. The van der Waals surface area contributed by atoms with Gasteiger partial charge in [0.05, 0.1) is 6.61 Å². The molecule has 2 atom stereocenters. The third-order valence-corrected chi connectivity index (χ3v) is 8.33. The summed E-state index contributed by atoms with van der Waals surface area (Å²) >= 11 is 3.50. The number of halogens is 1. The lowest BCUT2D eigenvalue weighted by atomic mass is 10.2. The van der Waals surface area contributed by atoms with Crippen LogP contribution in [0.5, 0.6) is 0 Å². The van der Waals surface area contributed by atoms with Crippen molar-refractivity contribution in [3.63, 3.8) is 0 Å². The number of unbranched alkanes of at least 4 members (excludes halogenated alkanes) is 1. The molecule has 31 heavy (non-hydrogen) atoms. The molecule has 164 valence electrons. The molecule has 0 fully saturated rings. The molecule has 0 saturated heterocycles. The maximum absolute atomic E-state index is 14.7. The van der Waals surface area contributed by atoms with Gasteiger partial charge in [0.25, 0.3) is 7.37 Å². The number of hydrogen-bond acceptors (Lipinski definition) is 4. The Labute approximate surface area is 194 Å². The van der Waals surface area contributed by atoms with Crippen LogP contribution in [0.3, 0.4) is 0 Å². The van der Waals surface area contributed by atoms with Gasteiger partial charge in [0.1, 0.15) is 5.78 Å². The summed E-state index contributed by atoms with van der Waals surface area (Å²) in [5.74, 6) is -0.509. The fourth-order valence-corrected chi connectivity index (χ4v) is 6.01. The van der Waals surface area contributed by atoms with E-state index >= 15 is 0 Å². The van der Waals surface area contributed by atoms with Gasteiger partial charge in [-0.05, 0) is 60.5 Å². The van der Waals surface area contributed by atoms with E-state index in [1.807, 2.05) is 97.9 Å². The van der Waals surface area contributed by atoms with Crippen molar-refractivity contribution in [3.05, 3.63) is 88.9 Å². The monoisotopic (exact) mass is 500 g/mol. The normalized spacial score (nSPS) is 13.9. The van der Waals surface area contributed by atoms with Gasteiger partial charge in [0.15, 0.2) is 0 Å². The lowest BCUT2D eigenvalue weighted by Gasteiger charge is -2.30. The van der Waals surface area contributed by atoms with Gasteiger partial charge in [-0.1, -0.05) is 59.6 Å². The molecule has 0 unspecified atom stereocenters. The maximum atomic E-state index is 14.7. The molecule has 3 aromatic carbocycles. The van der Waals surface area contributed by atoms with Gasteiger partial charge >= 0.3 is 0 Å². The third-order valence-electron chi connectivity index (χ3n) is 5.11. The van der Waals surface area contributed by atoms with Crippen LogP contribution >= 0.6 is 23.3 Å². The number of nitrogens with one attached hydrogen (secondary N) is 1. The van der Waals surface area contributed by atoms with E-state index in [1.54, 1.807) is 0 Å². The van der Waals surface area contributed by atoms with E-state index in [2.05, 4.69) is 28.2 Å². The van der Waals surface area contributed by atoms with Gasteiger partial charge in [0.2, 0.25) is 0 Å². The van der Waals surface area contributed by atoms with Crippen molar-refractivity contribution < 1.29 is 9.09 Å². The Morgan fingerprint density at radius 3 is 2.19 bits per heavy atom. The highest BCUT2D eigenvalue weighted by Gasteiger charge is 2.38. The number of nitrogens with zero attached hydrogens (tertiary/aromatic N) is 1. The average molecular weight is 501 g/mol. The molecular weight excluding hydrogens is 471 g/mol. The minimum Gasteiger partial charge on any atom is -0.378 e. The molecule has 0 spiro atoms. The fraction of sp³-hybridized carbons (Fsp3) is 0.280. The zero-order valence-electron chi connectivity index (χ0n) is 18.3. The Hall–Kier alpha value is -2.07. The van der Waals surface area contributed by atoms with E-state index < -0.39 is 13.2 Å². The molecule has 0 saturated carbocycles. The van der Waals surface area contributed by atoms with Crippen molar-refractivity contribution in [2.75, 3.05) is 30.9 Å². The van der Waals surface area contributed by atoms with Crippen LogP contribution in [0, 0.1) is 0 Å². The number of rotatable bonds is 10. The van der Waals surface area contributed by atoms with Crippen molar-refractivity contribution >= 4 is 40.0 Å². The van der Waals surface area contributed by atoms with Crippen molar-refractivity contribution in [2.24, 2.45) is 0 Å². The summed E-state index contributed by atoms with van der Waals surface area (Å²) in [7, 11) is 0.679. The standard InChI is InChI=1S/C25H30BrN2O2P/c1-4-5-19-30-31(29,24-17-15-23(16-18-24)28(2)3)25(20-11-13-21(26)14-12-20)27-22-9-7-6-8-10-22/h6-18,25,27H,4-5,19H2,1-3H3/t25-,31+/m0/s1. The van der Waals surface area contributed by atoms with Crippen LogP contribution in [0.4, 0.5) is 11.4 Å². The van der Waals surface area contributed by atoms with Crippen LogP contribution in [-0.4, -0.2) is 20.7 Å². The number of benzene rings is 3. The Morgan fingerprint density at radius 1 is 0.968 bits per heavy atom. The molecule has 4 nitrogen and oxygen atoms in total. The topological polar surface area (TPSA) is 41.6 Å². The van der Waals surface area contributed by atoms with Crippen LogP contribution < -0.4 is 15.5 Å². The van der Waals surface area contributed by atoms with E-state index in [0.717, 1.165) is 34.3 Å². The predicted molar refractivity (Wildman–Crippen MR) is 136 cm³/mol. The van der Waals surface area contributed by atoms with Gasteiger partial charge in [-0.2, -0.15) is 0 Å². The van der Waals surface area contributed by atoms with Crippen LogP contribution in [0.25, 0.3) is 0 Å². The van der Waals surface area contributed by atoms with Gasteiger partial charge in [0, 0.05) is 35.2 Å². The highest BCUT2D eigenvalue weighted by Crippen LogP contribution is 2.59. The summed E-state index contributed by atoms with van der Waals surface area (Å²) in [5.41, 5.74) is 2.88. The summed E-state index contributed by atoms with van der Waals surface area (Å²) in [4.78, 5) is 2.03. The number of anilines is 2. The molecule has 0 aliphatic carbocycles. The number of hydrogen-bond donors (Lipinski definition) is 1. The Bertz CT molecular complexity index is 992. The first-order valence-electron chi connectivity index (χ1n) is 10.5. The quantitative estimate of drug-likeness (QED) is 0.239. The van der Waals surface area contributed by atoms with E-state index in [4.69, 9.17) is 4.52 Å². The second-order valence-electron chi connectivity index (χ2n) is 7.66. The molecule has 0 heterocycles. The zero-order chi connectivity index (χ0) is 22.3. The van der Waals surface area contributed by atoms with Gasteiger partial charge < -0.3 is 14.7 Å². The van der Waals surface area contributed by atoms with Gasteiger partial charge in [-0.3, -0.25) is 4.57 Å². The first-order chi connectivity index (χ1) is 14.9. The van der Waals surface area contributed by atoms with Gasteiger partial charge in [-0.25, -0.2) is 0 Å². The van der Waals surface area contributed by atoms with Crippen LogP contribution in [0.2, 0.25) is 0 Å². The van der Waals surface area contributed by atoms with Crippen LogP contribution in [-0.2, 0) is 9.09 Å². The third kappa shape index (κ3) is 6.00. The predicted octanol–water partition coefficient (Wildman–Crippen LogP) is 7.05. The molecule has 0 aliphatic heterocycles. The first kappa shape index (κ1) is 23.6. The van der Waals surface area contributed by atoms with E-state index in [1.165, 1.54) is 0 Å². The molecule has 0 radical (unpaired) electrons. The molecule has 3 aromatic rings. The molecule has 6 heteroatoms. The lowest BCUT2D eigenvalue weighted by Crippen LogP contribution is -2.21. The summed E-state index contributed by atoms with van der Waals surface area (Å²) in [6.45, 7) is 2.56.